The number of anilines is 1. The summed E-state index contributed by atoms with van der Waals surface area (Å²) >= 11 is 6.52. The van der Waals surface area contributed by atoms with Gasteiger partial charge in [0.05, 0.1) is 38.2 Å². The highest BCUT2D eigenvalue weighted by Crippen LogP contribution is 2.39. The second-order valence-electron chi connectivity index (χ2n) is 10.5. The Bertz CT molecular complexity index is 2230. The predicted molar refractivity (Wildman–Crippen MR) is 167 cm³/mol. The van der Waals surface area contributed by atoms with Crippen LogP contribution in [0, 0.1) is 0 Å². The summed E-state index contributed by atoms with van der Waals surface area (Å²) in [7, 11) is -8.33. The molecular formula is C30H23ClF3N5O5S2. The first kappa shape index (κ1) is 31.5. The Labute approximate surface area is 266 Å². The third-order valence-corrected chi connectivity index (χ3v) is 10.5. The van der Waals surface area contributed by atoms with Crippen molar-refractivity contribution in [2.75, 3.05) is 10.8 Å². The number of alkyl halides is 3. The summed E-state index contributed by atoms with van der Waals surface area (Å²) in [6, 6.07) is 20.2. The topological polar surface area (TPSA) is 141 Å². The normalized spacial score (nSPS) is 15.7. The van der Waals surface area contributed by atoms with E-state index in [1.807, 2.05) is 35.1 Å². The number of hydrogen-bond acceptors (Lipinski definition) is 6. The number of benzene rings is 4. The van der Waals surface area contributed by atoms with Crippen molar-refractivity contribution in [2.24, 2.45) is 0 Å². The van der Waals surface area contributed by atoms with Gasteiger partial charge in [-0.05, 0) is 71.6 Å². The molecule has 1 aliphatic heterocycles. The van der Waals surface area contributed by atoms with Gasteiger partial charge >= 0.3 is 16.4 Å². The van der Waals surface area contributed by atoms with E-state index in [1.165, 1.54) is 37.3 Å². The Morgan fingerprint density at radius 1 is 0.957 bits per heavy atom. The first-order chi connectivity index (χ1) is 21.6. The molecule has 1 saturated heterocycles. The average molecular weight is 690 g/mol. The lowest BCUT2D eigenvalue weighted by Crippen LogP contribution is -2.29. The van der Waals surface area contributed by atoms with Crippen molar-refractivity contribution in [2.45, 2.75) is 24.0 Å². The van der Waals surface area contributed by atoms with Crippen molar-refractivity contribution in [3.8, 4) is 22.3 Å². The van der Waals surface area contributed by atoms with Crippen molar-refractivity contribution in [1.82, 2.24) is 19.4 Å². The van der Waals surface area contributed by atoms with Crippen molar-refractivity contribution in [3.05, 3.63) is 101 Å². The fourth-order valence-electron chi connectivity index (χ4n) is 5.10. The number of carbonyl (C=O) groups excluding carboxylic acids is 1. The molecule has 2 heterocycles. The molecule has 4 aromatic carbocycles. The van der Waals surface area contributed by atoms with Crippen LogP contribution in [0.25, 0.3) is 33.3 Å². The Hall–Kier alpha value is -4.44. The van der Waals surface area contributed by atoms with Gasteiger partial charge in [0.15, 0.2) is 0 Å². The lowest BCUT2D eigenvalue weighted by Gasteiger charge is -2.19. The summed E-state index contributed by atoms with van der Waals surface area (Å²) in [6.45, 7) is 1.06. The second-order valence-corrected chi connectivity index (χ2v) is 14.2. The van der Waals surface area contributed by atoms with Crippen LogP contribution in [0.3, 0.4) is 0 Å². The van der Waals surface area contributed by atoms with Crippen LogP contribution in [0.1, 0.15) is 24.4 Å². The number of imidazole rings is 1. The van der Waals surface area contributed by atoms with Crippen LogP contribution >= 0.6 is 11.6 Å². The predicted octanol–water partition coefficient (Wildman–Crippen LogP) is 5.79. The summed E-state index contributed by atoms with van der Waals surface area (Å²) in [5.74, 6) is -0.592. The Morgan fingerprint density at radius 3 is 2.35 bits per heavy atom. The minimum absolute atomic E-state index is 0.00941. The number of nitrogens with zero attached hydrogens (tertiary/aromatic N) is 2. The van der Waals surface area contributed by atoms with Gasteiger partial charge in [0.2, 0.25) is 10.0 Å². The molecule has 0 bridgehead atoms. The van der Waals surface area contributed by atoms with E-state index in [2.05, 4.69) is 14.7 Å². The highest BCUT2D eigenvalue weighted by atomic mass is 35.5. The standard InChI is InChI=1S/C30H23ClF3N5O5S2/c1-17(29-35-25-11-8-20(30(32,33)34)14-26(25)36-29)37-45(41,42)21-9-10-22(18-5-3-2-4-6-18)23(15-21)19-7-12-27(24(31)13-19)39-16-28(40)38-46(39,43)44/h2-15,17,37H,16H2,1H3,(H,35,36)(H,38,40)/t17-/m0/s1. The molecule has 238 valence electrons. The van der Waals surface area contributed by atoms with E-state index < -0.39 is 50.5 Å². The van der Waals surface area contributed by atoms with Gasteiger partial charge in [0.1, 0.15) is 12.4 Å². The highest BCUT2D eigenvalue weighted by Gasteiger charge is 2.35. The number of amides is 1. The molecule has 1 aromatic heterocycles. The minimum atomic E-state index is -4.55. The van der Waals surface area contributed by atoms with E-state index in [0.717, 1.165) is 22.0 Å². The molecule has 6 rings (SSSR count). The van der Waals surface area contributed by atoms with Crippen LogP contribution in [0.15, 0.2) is 89.8 Å². The summed E-state index contributed by atoms with van der Waals surface area (Å²) in [6.07, 6.45) is -4.55. The smallest absolute Gasteiger partial charge is 0.341 e. The zero-order valence-electron chi connectivity index (χ0n) is 23.6. The van der Waals surface area contributed by atoms with Crippen LogP contribution in [0.4, 0.5) is 18.9 Å². The van der Waals surface area contributed by atoms with Gasteiger partial charge in [-0.1, -0.05) is 54.1 Å². The Morgan fingerprint density at radius 2 is 1.70 bits per heavy atom. The van der Waals surface area contributed by atoms with E-state index in [0.29, 0.717) is 16.7 Å². The third kappa shape index (κ3) is 6.06. The quantitative estimate of drug-likeness (QED) is 0.198. The maximum atomic E-state index is 13.6. The van der Waals surface area contributed by atoms with Crippen LogP contribution in [0.5, 0.6) is 0 Å². The Balaban J connectivity index is 1.36. The van der Waals surface area contributed by atoms with Crippen molar-refractivity contribution in [1.29, 1.82) is 0 Å². The molecule has 0 saturated carbocycles. The van der Waals surface area contributed by atoms with Crippen LogP contribution < -0.4 is 13.7 Å². The van der Waals surface area contributed by atoms with E-state index >= 15 is 0 Å². The zero-order valence-corrected chi connectivity index (χ0v) is 26.0. The monoisotopic (exact) mass is 689 g/mol. The van der Waals surface area contributed by atoms with E-state index in [-0.39, 0.29) is 32.5 Å². The van der Waals surface area contributed by atoms with Crippen LogP contribution in [-0.4, -0.2) is 39.3 Å². The number of aromatic nitrogens is 2. The van der Waals surface area contributed by atoms with Crippen LogP contribution in [-0.2, 0) is 31.2 Å². The van der Waals surface area contributed by atoms with Gasteiger partial charge < -0.3 is 4.98 Å². The van der Waals surface area contributed by atoms with Gasteiger partial charge in [0.25, 0.3) is 5.91 Å². The Kier molecular flexibility index (Phi) is 7.83. The molecule has 0 aliphatic carbocycles. The van der Waals surface area contributed by atoms with Crippen molar-refractivity contribution < 1.29 is 34.8 Å². The molecule has 1 amide bonds. The first-order valence-corrected chi connectivity index (χ1v) is 16.8. The highest BCUT2D eigenvalue weighted by molar-refractivity contribution is 7.92. The van der Waals surface area contributed by atoms with Gasteiger partial charge in [-0.15, -0.1) is 0 Å². The zero-order chi connectivity index (χ0) is 33.0. The molecule has 1 aliphatic rings. The molecule has 5 aromatic rings. The number of carbonyl (C=O) groups is 1. The van der Waals surface area contributed by atoms with Gasteiger partial charge in [-0.3, -0.25) is 4.79 Å². The second kappa shape index (κ2) is 11.4. The molecule has 0 unspecified atom stereocenters. The summed E-state index contributed by atoms with van der Waals surface area (Å²) in [4.78, 5) is 18.7. The van der Waals surface area contributed by atoms with Crippen molar-refractivity contribution >= 4 is 54.5 Å². The number of aromatic amines is 1. The largest absolute Gasteiger partial charge is 0.416 e. The minimum Gasteiger partial charge on any atom is -0.341 e. The fraction of sp³-hybridized carbons (Fsp3) is 0.133. The number of hydrogen-bond donors (Lipinski definition) is 3. The van der Waals surface area contributed by atoms with E-state index in [9.17, 15) is 34.8 Å². The number of halogens is 4. The van der Waals surface area contributed by atoms with E-state index in [1.54, 1.807) is 12.1 Å². The number of rotatable bonds is 7. The summed E-state index contributed by atoms with van der Waals surface area (Å²) < 4.78 is 96.7. The molecule has 16 heteroatoms. The van der Waals surface area contributed by atoms with E-state index in [4.69, 9.17) is 11.6 Å². The third-order valence-electron chi connectivity index (χ3n) is 7.30. The molecule has 3 N–H and O–H groups in total. The van der Waals surface area contributed by atoms with Gasteiger partial charge in [0, 0.05) is 0 Å². The molecular weight excluding hydrogens is 667 g/mol. The van der Waals surface area contributed by atoms with Gasteiger partial charge in [-0.2, -0.15) is 21.6 Å². The molecule has 1 fully saturated rings. The average Bonchev–Trinajstić information content (AvgIpc) is 3.55. The molecule has 46 heavy (non-hydrogen) atoms. The molecule has 1 atom stereocenters. The first-order valence-electron chi connectivity index (χ1n) is 13.5. The summed E-state index contributed by atoms with van der Waals surface area (Å²) in [5, 5.41) is 0.00941. The number of fused-ring (bicyclic) bond motifs is 1. The SMILES string of the molecule is C[C@H](NS(=O)(=O)c1ccc(-c2ccccc2)c(-c2ccc(N3CC(=O)NS3(=O)=O)c(Cl)c2)c1)c1nc2ccc(C(F)(F)F)cc2[nH]1. The van der Waals surface area contributed by atoms with Gasteiger partial charge in [-0.25, -0.2) is 27.2 Å². The maximum absolute atomic E-state index is 13.6. The number of nitrogens with one attached hydrogen (secondary N) is 3. The number of sulfonamides is 1. The van der Waals surface area contributed by atoms with Crippen LogP contribution in [0.2, 0.25) is 5.02 Å². The number of H-pyrrole nitrogens is 1. The lowest BCUT2D eigenvalue weighted by atomic mass is 9.94. The molecule has 10 nitrogen and oxygen atoms in total. The summed E-state index contributed by atoms with van der Waals surface area (Å²) in [5.41, 5.74) is 1.88. The van der Waals surface area contributed by atoms with Crippen molar-refractivity contribution in [3.63, 3.8) is 0 Å². The fourth-order valence-corrected chi connectivity index (χ4v) is 7.84. The lowest BCUT2D eigenvalue weighted by molar-refractivity contribution is -0.137. The maximum Gasteiger partial charge on any atom is 0.416 e. The molecule has 0 spiro atoms. The molecule has 0 radical (unpaired) electrons.